The van der Waals surface area contributed by atoms with Crippen LogP contribution in [0.15, 0.2) is 47.5 Å². The Bertz CT molecular complexity index is 882. The van der Waals surface area contributed by atoms with E-state index in [9.17, 15) is 4.39 Å². The Morgan fingerprint density at radius 2 is 1.94 bits per heavy atom. The summed E-state index contributed by atoms with van der Waals surface area (Å²) in [5.74, 6) is 1.80. The van der Waals surface area contributed by atoms with E-state index >= 15 is 0 Å². The molecule has 0 bridgehead atoms. The van der Waals surface area contributed by atoms with Crippen LogP contribution in [0.4, 0.5) is 10.1 Å². The lowest BCUT2D eigenvalue weighted by Gasteiger charge is -2.36. The number of guanidine groups is 1. The molecule has 1 heterocycles. The zero-order valence-electron chi connectivity index (χ0n) is 18.5. The lowest BCUT2D eigenvalue weighted by molar-refractivity contribution is 0.0530. The van der Waals surface area contributed by atoms with Crippen molar-refractivity contribution in [2.75, 3.05) is 45.3 Å². The Morgan fingerprint density at radius 1 is 1.13 bits per heavy atom. The van der Waals surface area contributed by atoms with E-state index in [-0.39, 0.29) is 11.2 Å². The maximum Gasteiger partial charge on any atom is 0.195 e. The monoisotopic (exact) mass is 429 g/mol. The van der Waals surface area contributed by atoms with Crippen LogP contribution in [0.3, 0.4) is 0 Å². The summed E-state index contributed by atoms with van der Waals surface area (Å²) in [6.07, 6.45) is 1.60. The zero-order valence-corrected chi connectivity index (χ0v) is 18.5. The molecule has 2 N–H and O–H groups in total. The van der Waals surface area contributed by atoms with Gasteiger partial charge in [0.2, 0.25) is 0 Å². The highest BCUT2D eigenvalue weighted by atomic mass is 19.1. The number of nitrogens with zero attached hydrogens (tertiary/aromatic N) is 1. The molecule has 1 aliphatic rings. The number of benzene rings is 2. The molecule has 0 amide bonds. The fourth-order valence-corrected chi connectivity index (χ4v) is 3.82. The normalized spacial score (nSPS) is 15.9. The topological polar surface area (TPSA) is 64.1 Å². The van der Waals surface area contributed by atoms with Crippen molar-refractivity contribution in [3.8, 4) is 11.5 Å². The highest BCUT2D eigenvalue weighted by Crippen LogP contribution is 2.36. The number of ether oxygens (including phenoxy) is 3. The van der Waals surface area contributed by atoms with E-state index in [0.717, 1.165) is 30.6 Å². The zero-order chi connectivity index (χ0) is 22.1. The van der Waals surface area contributed by atoms with Gasteiger partial charge in [0.25, 0.3) is 0 Å². The van der Waals surface area contributed by atoms with Gasteiger partial charge in [-0.3, -0.25) is 4.99 Å². The van der Waals surface area contributed by atoms with Gasteiger partial charge in [0.1, 0.15) is 5.82 Å². The van der Waals surface area contributed by atoms with E-state index in [0.29, 0.717) is 43.8 Å². The summed E-state index contributed by atoms with van der Waals surface area (Å²) in [6.45, 7) is 7.04. The molecule has 0 saturated carbocycles. The molecule has 3 rings (SSSR count). The van der Waals surface area contributed by atoms with E-state index in [1.54, 1.807) is 19.2 Å². The molecular weight excluding hydrogens is 397 g/mol. The summed E-state index contributed by atoms with van der Waals surface area (Å²) in [5.41, 5.74) is 1.56. The van der Waals surface area contributed by atoms with Crippen molar-refractivity contribution in [2.45, 2.75) is 32.1 Å². The Kier molecular flexibility index (Phi) is 8.12. The van der Waals surface area contributed by atoms with Crippen LogP contribution < -0.4 is 20.1 Å². The van der Waals surface area contributed by atoms with Crippen molar-refractivity contribution in [2.24, 2.45) is 4.99 Å². The average Bonchev–Trinajstić information content (AvgIpc) is 2.79. The first-order chi connectivity index (χ1) is 15.1. The first-order valence-electron chi connectivity index (χ1n) is 10.8. The lowest BCUT2D eigenvalue weighted by Crippen LogP contribution is -2.39. The van der Waals surface area contributed by atoms with Crippen molar-refractivity contribution in [1.82, 2.24) is 5.32 Å². The van der Waals surface area contributed by atoms with Gasteiger partial charge in [-0.05, 0) is 56.5 Å². The van der Waals surface area contributed by atoms with Gasteiger partial charge in [0, 0.05) is 36.9 Å². The molecule has 0 spiro atoms. The summed E-state index contributed by atoms with van der Waals surface area (Å²) in [7, 11) is 1.62. The lowest BCUT2D eigenvalue weighted by atomic mass is 9.74. The van der Waals surface area contributed by atoms with E-state index in [1.807, 2.05) is 38.1 Å². The number of methoxy groups -OCH3 is 1. The third-order valence-corrected chi connectivity index (χ3v) is 5.50. The Balaban J connectivity index is 1.84. The molecule has 0 unspecified atom stereocenters. The number of nitrogens with one attached hydrogen (secondary N) is 2. The molecule has 0 radical (unpaired) electrons. The van der Waals surface area contributed by atoms with Gasteiger partial charge in [-0.25, -0.2) is 4.39 Å². The van der Waals surface area contributed by atoms with Gasteiger partial charge < -0.3 is 24.8 Å². The summed E-state index contributed by atoms with van der Waals surface area (Å²) < 4.78 is 30.6. The standard InChI is InChI=1S/C24H32FN3O3/c1-4-26-23(28-20-9-10-21(29-3)22(16-20)31-5-2)27-17-24(11-13-30-14-12-24)18-7-6-8-19(25)15-18/h6-10,15-16H,4-5,11-14,17H2,1-3H3,(H2,26,27,28). The number of rotatable bonds is 8. The largest absolute Gasteiger partial charge is 0.493 e. The van der Waals surface area contributed by atoms with Crippen molar-refractivity contribution in [3.63, 3.8) is 0 Å². The quantitative estimate of drug-likeness (QED) is 0.482. The molecule has 0 atom stereocenters. The Hall–Kier alpha value is -2.80. The SMILES string of the molecule is CCNC(=NCC1(c2cccc(F)c2)CCOCC1)Nc1ccc(OC)c(OCC)c1. The number of anilines is 1. The molecule has 2 aromatic carbocycles. The minimum atomic E-state index is -0.251. The summed E-state index contributed by atoms with van der Waals surface area (Å²) >= 11 is 0. The van der Waals surface area contributed by atoms with Crippen molar-refractivity contribution in [1.29, 1.82) is 0 Å². The molecule has 168 valence electrons. The van der Waals surface area contributed by atoms with E-state index in [4.69, 9.17) is 19.2 Å². The molecule has 2 aromatic rings. The van der Waals surface area contributed by atoms with E-state index in [2.05, 4.69) is 10.6 Å². The second-order valence-corrected chi connectivity index (χ2v) is 7.52. The number of hydrogen-bond acceptors (Lipinski definition) is 4. The van der Waals surface area contributed by atoms with Gasteiger partial charge in [0.05, 0.1) is 20.3 Å². The smallest absolute Gasteiger partial charge is 0.195 e. The fourth-order valence-electron chi connectivity index (χ4n) is 3.82. The highest BCUT2D eigenvalue weighted by Gasteiger charge is 2.34. The highest BCUT2D eigenvalue weighted by molar-refractivity contribution is 5.94. The number of hydrogen-bond donors (Lipinski definition) is 2. The van der Waals surface area contributed by atoms with Crippen LogP contribution >= 0.6 is 0 Å². The van der Waals surface area contributed by atoms with E-state index < -0.39 is 0 Å². The summed E-state index contributed by atoms with van der Waals surface area (Å²) in [6, 6.07) is 12.5. The van der Waals surface area contributed by atoms with Gasteiger partial charge >= 0.3 is 0 Å². The third-order valence-electron chi connectivity index (χ3n) is 5.50. The first kappa shape index (κ1) is 22.9. The van der Waals surface area contributed by atoms with Crippen LogP contribution in [0, 0.1) is 5.82 Å². The third kappa shape index (κ3) is 5.88. The Morgan fingerprint density at radius 3 is 2.61 bits per heavy atom. The summed E-state index contributed by atoms with van der Waals surface area (Å²) in [4.78, 5) is 4.87. The molecule has 31 heavy (non-hydrogen) atoms. The molecule has 1 aliphatic heterocycles. The Labute approximate surface area is 183 Å². The minimum Gasteiger partial charge on any atom is -0.493 e. The van der Waals surface area contributed by atoms with Crippen LogP contribution in [0.1, 0.15) is 32.3 Å². The molecule has 1 fully saturated rings. The summed E-state index contributed by atoms with van der Waals surface area (Å²) in [5, 5.41) is 6.64. The molecule has 0 aliphatic carbocycles. The van der Waals surface area contributed by atoms with Gasteiger partial charge in [-0.2, -0.15) is 0 Å². The van der Waals surface area contributed by atoms with Crippen molar-refractivity contribution >= 4 is 11.6 Å². The van der Waals surface area contributed by atoms with Gasteiger partial charge in [-0.15, -0.1) is 0 Å². The minimum absolute atomic E-state index is 0.223. The van der Waals surface area contributed by atoms with Crippen LogP contribution in [0.5, 0.6) is 11.5 Å². The maximum absolute atomic E-state index is 13.9. The van der Waals surface area contributed by atoms with Crippen molar-refractivity contribution in [3.05, 3.63) is 53.8 Å². The fraction of sp³-hybridized carbons (Fsp3) is 0.458. The maximum atomic E-state index is 13.9. The van der Waals surface area contributed by atoms with Gasteiger partial charge in [-0.1, -0.05) is 12.1 Å². The first-order valence-corrected chi connectivity index (χ1v) is 10.8. The second-order valence-electron chi connectivity index (χ2n) is 7.52. The molecule has 7 heteroatoms. The molecule has 0 aromatic heterocycles. The van der Waals surface area contributed by atoms with E-state index in [1.165, 1.54) is 6.07 Å². The average molecular weight is 430 g/mol. The predicted octanol–water partition coefficient (Wildman–Crippen LogP) is 4.36. The number of aliphatic imine (C=N–C) groups is 1. The second kappa shape index (κ2) is 11.0. The molecular formula is C24H32FN3O3. The van der Waals surface area contributed by atoms with Crippen LogP contribution in [0.2, 0.25) is 0 Å². The van der Waals surface area contributed by atoms with Crippen LogP contribution in [-0.4, -0.2) is 46.0 Å². The van der Waals surface area contributed by atoms with Crippen LogP contribution in [0.25, 0.3) is 0 Å². The van der Waals surface area contributed by atoms with Gasteiger partial charge in [0.15, 0.2) is 17.5 Å². The molecule has 6 nitrogen and oxygen atoms in total. The molecule has 1 saturated heterocycles. The number of halogens is 1. The van der Waals surface area contributed by atoms with Crippen molar-refractivity contribution < 1.29 is 18.6 Å². The van der Waals surface area contributed by atoms with Crippen LogP contribution in [-0.2, 0) is 10.2 Å². The predicted molar refractivity (Wildman–Crippen MR) is 122 cm³/mol.